The summed E-state index contributed by atoms with van der Waals surface area (Å²) in [5.74, 6) is -5.44. The molecule has 1 heterocycles. The molecule has 0 amide bonds. The summed E-state index contributed by atoms with van der Waals surface area (Å²) in [4.78, 5) is 0. The van der Waals surface area contributed by atoms with Gasteiger partial charge in [0.25, 0.3) is 0 Å². The van der Waals surface area contributed by atoms with Crippen LogP contribution in [-0.4, -0.2) is 12.8 Å². The van der Waals surface area contributed by atoms with Crippen LogP contribution in [-0.2, 0) is 4.74 Å². The van der Waals surface area contributed by atoms with E-state index in [2.05, 4.69) is 6.92 Å². The Morgan fingerprint density at radius 1 is 0.846 bits per heavy atom. The first-order chi connectivity index (χ1) is 18.6. The molecular formula is C31H29F7O. The highest BCUT2D eigenvalue weighted by atomic mass is 19.4. The van der Waals surface area contributed by atoms with Gasteiger partial charge in [0.15, 0.2) is 0 Å². The van der Waals surface area contributed by atoms with Crippen LogP contribution in [0.25, 0.3) is 28.1 Å². The molecule has 1 nitrogen and oxygen atoms in total. The van der Waals surface area contributed by atoms with Crippen molar-refractivity contribution in [2.45, 2.75) is 57.7 Å². The molecule has 1 aliphatic rings. The molecule has 1 saturated heterocycles. The van der Waals surface area contributed by atoms with E-state index in [1.807, 2.05) is 24.3 Å². The lowest BCUT2D eigenvalue weighted by Crippen LogP contribution is -2.20. The fourth-order valence-corrected chi connectivity index (χ4v) is 4.97. The maximum atomic E-state index is 15.0. The molecule has 4 rings (SSSR count). The van der Waals surface area contributed by atoms with Crippen molar-refractivity contribution >= 4 is 5.83 Å². The lowest BCUT2D eigenvalue weighted by molar-refractivity contribution is -0.0798. The molecule has 3 aromatic carbocycles. The average molecular weight is 551 g/mol. The zero-order valence-corrected chi connectivity index (χ0v) is 21.4. The Bertz CT molecular complexity index is 1280. The van der Waals surface area contributed by atoms with Crippen LogP contribution >= 0.6 is 0 Å². The molecule has 8 heteroatoms. The summed E-state index contributed by atoms with van der Waals surface area (Å²) < 4.78 is 101. The topological polar surface area (TPSA) is 9.23 Å². The van der Waals surface area contributed by atoms with E-state index in [0.717, 1.165) is 30.6 Å². The maximum absolute atomic E-state index is 15.0. The molecule has 3 aromatic rings. The molecule has 0 spiro atoms. The van der Waals surface area contributed by atoms with Gasteiger partial charge in [-0.25, -0.2) is 17.6 Å². The number of halogens is 7. The Morgan fingerprint density at radius 2 is 1.49 bits per heavy atom. The first-order valence-corrected chi connectivity index (χ1v) is 13.0. The second-order valence-electron chi connectivity index (χ2n) is 9.93. The number of alkyl halides is 3. The molecule has 1 aliphatic heterocycles. The molecule has 208 valence electrons. The second-order valence-corrected chi connectivity index (χ2v) is 9.93. The Labute approximate surface area is 223 Å². The molecule has 2 unspecified atom stereocenters. The predicted molar refractivity (Wildman–Crippen MR) is 138 cm³/mol. The normalized spacial score (nSPS) is 18.4. The Morgan fingerprint density at radius 3 is 2.05 bits per heavy atom. The molecule has 0 saturated carbocycles. The highest BCUT2D eigenvalue weighted by molar-refractivity contribution is 5.73. The Hall–Kier alpha value is -3.13. The van der Waals surface area contributed by atoms with E-state index in [4.69, 9.17) is 4.74 Å². The molecule has 0 radical (unpaired) electrons. The van der Waals surface area contributed by atoms with Gasteiger partial charge in [0.2, 0.25) is 0 Å². The standard InChI is InChI=1S/C31H29F7O/c1-2-3-4-5-19-6-13-29(39-18-19)21-9-7-20(8-10-21)22-11-12-24(25(32)14-22)23-15-26(33)30(27(34)16-23)28(35)17-31(36,37)38/h7-12,14-17,19,29H,2-6,13,18H2,1H3. The molecule has 2 atom stereocenters. The third kappa shape index (κ3) is 7.29. The summed E-state index contributed by atoms with van der Waals surface area (Å²) in [6.07, 6.45) is 1.02. The quantitative estimate of drug-likeness (QED) is 0.200. The van der Waals surface area contributed by atoms with E-state index in [0.29, 0.717) is 23.6 Å². The Kier molecular flexibility index (Phi) is 9.15. The molecular weight excluding hydrogens is 521 g/mol. The number of hydrogen-bond acceptors (Lipinski definition) is 1. The first-order valence-electron chi connectivity index (χ1n) is 13.0. The van der Waals surface area contributed by atoms with Crippen LogP contribution in [0.3, 0.4) is 0 Å². The van der Waals surface area contributed by atoms with Crippen molar-refractivity contribution in [3.8, 4) is 22.3 Å². The number of allylic oxidation sites excluding steroid dienone is 1. The third-order valence-corrected chi connectivity index (χ3v) is 7.05. The van der Waals surface area contributed by atoms with Crippen molar-refractivity contribution in [3.63, 3.8) is 0 Å². The number of benzene rings is 3. The Balaban J connectivity index is 1.47. The monoisotopic (exact) mass is 550 g/mol. The van der Waals surface area contributed by atoms with E-state index >= 15 is 0 Å². The fraction of sp³-hybridized carbons (Fsp3) is 0.355. The second kappa shape index (κ2) is 12.4. The molecule has 0 bridgehead atoms. The minimum atomic E-state index is -5.10. The zero-order chi connectivity index (χ0) is 28.2. The van der Waals surface area contributed by atoms with Gasteiger partial charge in [-0.1, -0.05) is 62.6 Å². The van der Waals surface area contributed by atoms with Crippen molar-refractivity contribution in [1.82, 2.24) is 0 Å². The fourth-order valence-electron chi connectivity index (χ4n) is 4.97. The summed E-state index contributed by atoms with van der Waals surface area (Å²) in [5.41, 5.74) is 0.395. The molecule has 0 aromatic heterocycles. The smallest absolute Gasteiger partial charge is 0.373 e. The summed E-state index contributed by atoms with van der Waals surface area (Å²) >= 11 is 0. The van der Waals surface area contributed by atoms with Crippen molar-refractivity contribution in [3.05, 3.63) is 89.3 Å². The van der Waals surface area contributed by atoms with Crippen molar-refractivity contribution in [2.75, 3.05) is 6.61 Å². The largest absolute Gasteiger partial charge is 0.412 e. The number of rotatable bonds is 8. The summed E-state index contributed by atoms with van der Waals surface area (Å²) in [7, 11) is 0. The zero-order valence-electron chi connectivity index (χ0n) is 21.4. The van der Waals surface area contributed by atoms with Crippen LogP contribution in [0.15, 0.2) is 60.7 Å². The van der Waals surface area contributed by atoms with E-state index < -0.39 is 41.1 Å². The number of ether oxygens (including phenoxy) is 1. The van der Waals surface area contributed by atoms with Crippen LogP contribution in [0.5, 0.6) is 0 Å². The highest BCUT2D eigenvalue weighted by Crippen LogP contribution is 2.36. The van der Waals surface area contributed by atoms with Gasteiger partial charge in [-0.3, -0.25) is 0 Å². The van der Waals surface area contributed by atoms with Crippen LogP contribution in [0.1, 0.15) is 62.7 Å². The number of hydrogen-bond donors (Lipinski definition) is 0. The summed E-state index contributed by atoms with van der Waals surface area (Å²) in [6, 6.07) is 12.9. The first kappa shape index (κ1) is 28.9. The van der Waals surface area contributed by atoms with E-state index in [-0.39, 0.29) is 17.2 Å². The predicted octanol–water partition coefficient (Wildman–Crippen LogP) is 10.4. The molecule has 1 fully saturated rings. The van der Waals surface area contributed by atoms with Crippen molar-refractivity contribution in [1.29, 1.82) is 0 Å². The van der Waals surface area contributed by atoms with Crippen LogP contribution < -0.4 is 0 Å². The van der Waals surface area contributed by atoms with Gasteiger partial charge in [-0.05, 0) is 65.6 Å². The third-order valence-electron chi connectivity index (χ3n) is 7.05. The van der Waals surface area contributed by atoms with Gasteiger partial charge in [-0.15, -0.1) is 0 Å². The van der Waals surface area contributed by atoms with E-state index in [9.17, 15) is 30.7 Å². The van der Waals surface area contributed by atoms with Crippen molar-refractivity contribution < 1.29 is 35.5 Å². The van der Waals surface area contributed by atoms with Gasteiger partial charge < -0.3 is 4.74 Å². The van der Waals surface area contributed by atoms with Gasteiger partial charge in [0, 0.05) is 5.56 Å². The minimum Gasteiger partial charge on any atom is -0.373 e. The van der Waals surface area contributed by atoms with Crippen LogP contribution in [0, 0.1) is 23.4 Å². The molecule has 0 aliphatic carbocycles. The lowest BCUT2D eigenvalue weighted by Gasteiger charge is -2.29. The van der Waals surface area contributed by atoms with Gasteiger partial charge in [0.05, 0.1) is 24.4 Å². The van der Waals surface area contributed by atoms with Crippen LogP contribution in [0.2, 0.25) is 0 Å². The van der Waals surface area contributed by atoms with E-state index in [1.165, 1.54) is 37.8 Å². The molecule has 39 heavy (non-hydrogen) atoms. The van der Waals surface area contributed by atoms with Crippen LogP contribution in [0.4, 0.5) is 30.7 Å². The van der Waals surface area contributed by atoms with E-state index in [1.54, 1.807) is 6.07 Å². The lowest BCUT2D eigenvalue weighted by atomic mass is 9.90. The maximum Gasteiger partial charge on any atom is 0.412 e. The summed E-state index contributed by atoms with van der Waals surface area (Å²) in [5, 5.41) is 0. The van der Waals surface area contributed by atoms with Gasteiger partial charge >= 0.3 is 6.18 Å². The minimum absolute atomic E-state index is 0.0177. The van der Waals surface area contributed by atoms with Gasteiger partial charge in [0.1, 0.15) is 23.3 Å². The van der Waals surface area contributed by atoms with Crippen molar-refractivity contribution in [2.24, 2.45) is 5.92 Å². The SMILES string of the molecule is CCCCCC1CCC(c2ccc(-c3ccc(-c4cc(F)c(C(F)=CC(F)(F)F)c(F)c4)c(F)c3)cc2)OC1. The van der Waals surface area contributed by atoms with Gasteiger partial charge in [-0.2, -0.15) is 13.2 Å². The average Bonchev–Trinajstić information content (AvgIpc) is 2.88. The highest BCUT2D eigenvalue weighted by Gasteiger charge is 2.28. The summed E-state index contributed by atoms with van der Waals surface area (Å²) in [6.45, 7) is 2.94. The molecule has 0 N–H and O–H groups in total. The number of unbranched alkanes of at least 4 members (excludes halogenated alkanes) is 2.